The Morgan fingerprint density at radius 3 is 2.70 bits per heavy atom. The SMILES string of the molecule is O=C(CC1C(=O)N(C(Cl)Cc2ccc(Cl)cc2)CC(=O)N1CCc1cccs1)NCCCn1ccnc1. The molecule has 1 aliphatic heterocycles. The number of alkyl halides is 1. The van der Waals surface area contributed by atoms with Crippen LogP contribution in [0.1, 0.15) is 23.3 Å². The molecule has 2 atom stereocenters. The van der Waals surface area contributed by atoms with Crippen LogP contribution in [0.15, 0.2) is 60.5 Å². The van der Waals surface area contributed by atoms with Gasteiger partial charge >= 0.3 is 0 Å². The first-order chi connectivity index (χ1) is 17.9. The van der Waals surface area contributed by atoms with Crippen molar-refractivity contribution in [3.05, 3.63) is 76.0 Å². The Morgan fingerprint density at radius 1 is 1.19 bits per heavy atom. The highest BCUT2D eigenvalue weighted by Crippen LogP contribution is 2.23. The number of nitrogens with one attached hydrogen (secondary N) is 1. The lowest BCUT2D eigenvalue weighted by atomic mass is 10.0. The van der Waals surface area contributed by atoms with Crippen molar-refractivity contribution in [2.45, 2.75) is 43.8 Å². The summed E-state index contributed by atoms with van der Waals surface area (Å²) in [6.45, 7) is 1.43. The molecule has 0 spiro atoms. The maximum atomic E-state index is 13.6. The molecule has 4 rings (SSSR count). The van der Waals surface area contributed by atoms with Gasteiger partial charge < -0.3 is 19.7 Å². The molecule has 0 radical (unpaired) electrons. The van der Waals surface area contributed by atoms with Crippen LogP contribution in [0.5, 0.6) is 0 Å². The van der Waals surface area contributed by atoms with Gasteiger partial charge in [0.2, 0.25) is 17.7 Å². The summed E-state index contributed by atoms with van der Waals surface area (Å²) in [6.07, 6.45) is 6.88. The van der Waals surface area contributed by atoms with Crippen molar-refractivity contribution in [2.75, 3.05) is 19.6 Å². The Kier molecular flexibility index (Phi) is 9.60. The number of nitrogens with zero attached hydrogens (tertiary/aromatic N) is 4. The first-order valence-corrected chi connectivity index (χ1v) is 13.8. The number of aromatic nitrogens is 2. The monoisotopic (exact) mass is 561 g/mol. The van der Waals surface area contributed by atoms with Crippen molar-refractivity contribution in [1.29, 1.82) is 0 Å². The summed E-state index contributed by atoms with van der Waals surface area (Å²) in [7, 11) is 0. The molecule has 3 aromatic rings. The number of benzene rings is 1. The third-order valence-electron chi connectivity index (χ3n) is 6.26. The number of aryl methyl sites for hydroxylation is 1. The molecule has 3 amide bonds. The van der Waals surface area contributed by atoms with Crippen molar-refractivity contribution < 1.29 is 14.4 Å². The van der Waals surface area contributed by atoms with E-state index in [4.69, 9.17) is 23.2 Å². The number of thiophene rings is 1. The van der Waals surface area contributed by atoms with Gasteiger partial charge in [0.15, 0.2) is 0 Å². The Bertz CT molecular complexity index is 1170. The Balaban J connectivity index is 1.41. The highest BCUT2D eigenvalue weighted by atomic mass is 35.5. The minimum Gasteiger partial charge on any atom is -0.356 e. The second-order valence-corrected chi connectivity index (χ2v) is 10.8. The molecule has 0 saturated carbocycles. The van der Waals surface area contributed by atoms with E-state index in [0.29, 0.717) is 31.0 Å². The van der Waals surface area contributed by atoms with Crippen molar-refractivity contribution >= 4 is 52.3 Å². The van der Waals surface area contributed by atoms with Crippen LogP contribution in [0, 0.1) is 0 Å². The molecule has 2 unspecified atom stereocenters. The van der Waals surface area contributed by atoms with Gasteiger partial charge in [-0.2, -0.15) is 0 Å². The van der Waals surface area contributed by atoms with E-state index in [9.17, 15) is 14.4 Å². The minimum atomic E-state index is -0.902. The van der Waals surface area contributed by atoms with Crippen molar-refractivity contribution in [1.82, 2.24) is 24.7 Å². The van der Waals surface area contributed by atoms with Crippen LogP contribution in [0.2, 0.25) is 5.02 Å². The Labute approximate surface area is 230 Å². The second-order valence-electron chi connectivity index (χ2n) is 8.87. The number of hydrogen-bond donors (Lipinski definition) is 1. The van der Waals surface area contributed by atoms with E-state index >= 15 is 0 Å². The minimum absolute atomic E-state index is 0.110. The van der Waals surface area contributed by atoms with Crippen molar-refractivity contribution in [3.8, 4) is 0 Å². The second kappa shape index (κ2) is 13.1. The van der Waals surface area contributed by atoms with Gasteiger partial charge in [-0.15, -0.1) is 11.3 Å². The summed E-state index contributed by atoms with van der Waals surface area (Å²) in [5, 5.41) is 5.47. The van der Waals surface area contributed by atoms with E-state index in [0.717, 1.165) is 23.4 Å². The molecule has 37 heavy (non-hydrogen) atoms. The van der Waals surface area contributed by atoms with E-state index in [-0.39, 0.29) is 30.7 Å². The lowest BCUT2D eigenvalue weighted by molar-refractivity contribution is -0.157. The average Bonchev–Trinajstić information content (AvgIpc) is 3.59. The number of amides is 3. The summed E-state index contributed by atoms with van der Waals surface area (Å²) in [5.41, 5.74) is 0.176. The summed E-state index contributed by atoms with van der Waals surface area (Å²) in [6, 6.07) is 10.3. The fraction of sp³-hybridized carbons (Fsp3) is 0.385. The lowest BCUT2D eigenvalue weighted by Crippen LogP contribution is -2.62. The molecule has 196 valence electrons. The van der Waals surface area contributed by atoms with E-state index < -0.39 is 11.5 Å². The van der Waals surface area contributed by atoms with Crippen LogP contribution in [-0.2, 0) is 33.8 Å². The topological polar surface area (TPSA) is 87.5 Å². The van der Waals surface area contributed by atoms with Gasteiger partial charge in [0.05, 0.1) is 12.7 Å². The molecule has 0 aliphatic carbocycles. The fourth-order valence-electron chi connectivity index (χ4n) is 4.30. The number of rotatable bonds is 12. The highest BCUT2D eigenvalue weighted by Gasteiger charge is 2.42. The number of carbonyl (C=O) groups excluding carboxylic acids is 3. The van der Waals surface area contributed by atoms with Crippen LogP contribution in [0.4, 0.5) is 0 Å². The normalized spacial score (nSPS) is 16.8. The molecule has 1 fully saturated rings. The van der Waals surface area contributed by atoms with Crippen LogP contribution in [-0.4, -0.2) is 68.2 Å². The molecule has 1 aromatic carbocycles. The number of piperazine rings is 1. The Hall–Kier alpha value is -2.88. The van der Waals surface area contributed by atoms with Gasteiger partial charge in [0.25, 0.3) is 0 Å². The average molecular weight is 563 g/mol. The van der Waals surface area contributed by atoms with Crippen LogP contribution in [0.25, 0.3) is 0 Å². The predicted octanol–water partition coefficient (Wildman–Crippen LogP) is 3.58. The van der Waals surface area contributed by atoms with Gasteiger partial charge in [-0.25, -0.2) is 4.98 Å². The first kappa shape index (κ1) is 27.2. The zero-order valence-corrected chi connectivity index (χ0v) is 22.6. The molecule has 1 N–H and O–H groups in total. The quantitative estimate of drug-likeness (QED) is 0.208. The third kappa shape index (κ3) is 7.56. The summed E-state index contributed by atoms with van der Waals surface area (Å²) in [5.74, 6) is -0.798. The summed E-state index contributed by atoms with van der Waals surface area (Å²) < 4.78 is 1.93. The summed E-state index contributed by atoms with van der Waals surface area (Å²) in [4.78, 5) is 47.7. The van der Waals surface area contributed by atoms with Crippen LogP contribution < -0.4 is 5.32 Å². The lowest BCUT2D eigenvalue weighted by Gasteiger charge is -2.41. The predicted molar refractivity (Wildman–Crippen MR) is 145 cm³/mol. The molecule has 1 saturated heterocycles. The van der Waals surface area contributed by atoms with Gasteiger partial charge in [-0.05, 0) is 42.0 Å². The molecule has 8 nitrogen and oxygen atoms in total. The Morgan fingerprint density at radius 2 is 2.00 bits per heavy atom. The maximum absolute atomic E-state index is 13.6. The van der Waals surface area contributed by atoms with Crippen LogP contribution in [0.3, 0.4) is 0 Å². The molecule has 2 aromatic heterocycles. The fourth-order valence-corrected chi connectivity index (χ4v) is 5.46. The number of hydrogen-bond acceptors (Lipinski definition) is 5. The largest absolute Gasteiger partial charge is 0.356 e. The molecule has 0 bridgehead atoms. The zero-order valence-electron chi connectivity index (χ0n) is 20.3. The van der Waals surface area contributed by atoms with E-state index in [1.807, 2.05) is 40.4 Å². The molecular weight excluding hydrogens is 533 g/mol. The van der Waals surface area contributed by atoms with E-state index in [1.54, 1.807) is 36.0 Å². The smallest absolute Gasteiger partial charge is 0.247 e. The third-order valence-corrected chi connectivity index (χ3v) is 7.84. The molecule has 3 heterocycles. The molecular formula is C26H29Cl2N5O3S. The maximum Gasteiger partial charge on any atom is 0.247 e. The number of imidazole rings is 1. The first-order valence-electron chi connectivity index (χ1n) is 12.1. The highest BCUT2D eigenvalue weighted by molar-refractivity contribution is 7.09. The van der Waals surface area contributed by atoms with Gasteiger partial charge in [-0.3, -0.25) is 14.4 Å². The zero-order chi connectivity index (χ0) is 26.2. The number of halogens is 2. The number of carbonyl (C=O) groups is 3. The standard InChI is InChI=1S/C26H29Cl2N5O3S/c27-20-6-4-19(5-7-20)15-23(28)33-17-25(35)32(12-8-21-3-1-14-37-21)22(26(33)36)16-24(34)30-9-2-11-31-13-10-29-18-31/h1,3-7,10,13-14,18,22-23H,2,8-9,11-12,15-17H2,(H,30,34). The van der Waals surface area contributed by atoms with Gasteiger partial charge in [0, 0.05) is 48.3 Å². The van der Waals surface area contributed by atoms with E-state index in [2.05, 4.69) is 10.3 Å². The molecule has 11 heteroatoms. The van der Waals surface area contributed by atoms with E-state index in [1.165, 1.54) is 9.80 Å². The molecule has 1 aliphatic rings. The van der Waals surface area contributed by atoms with Crippen molar-refractivity contribution in [2.24, 2.45) is 0 Å². The summed E-state index contributed by atoms with van der Waals surface area (Å²) >= 11 is 14.2. The van der Waals surface area contributed by atoms with Gasteiger partial charge in [0.1, 0.15) is 18.1 Å². The van der Waals surface area contributed by atoms with Crippen LogP contribution >= 0.6 is 34.5 Å². The van der Waals surface area contributed by atoms with Crippen molar-refractivity contribution in [3.63, 3.8) is 0 Å². The van der Waals surface area contributed by atoms with Gasteiger partial charge in [-0.1, -0.05) is 41.4 Å².